The smallest absolute Gasteiger partial charge is 0.320 e. The monoisotopic (exact) mass is 368 g/mol. The molecule has 1 amide bonds. The van der Waals surface area contributed by atoms with Gasteiger partial charge in [0.1, 0.15) is 0 Å². The number of hydrogen-bond acceptors (Lipinski definition) is 7. The Hall–Kier alpha value is -2.97. The van der Waals surface area contributed by atoms with E-state index in [9.17, 15) is 24.5 Å². The van der Waals surface area contributed by atoms with Gasteiger partial charge in [-0.25, -0.2) is 0 Å². The lowest BCUT2D eigenvalue weighted by Gasteiger charge is -2.14. The number of ether oxygens (including phenoxy) is 2. The molecule has 0 saturated carbocycles. The van der Waals surface area contributed by atoms with E-state index in [0.717, 1.165) is 0 Å². The Morgan fingerprint density at radius 1 is 1.04 bits per heavy atom. The summed E-state index contributed by atoms with van der Waals surface area (Å²) in [5.41, 5.74) is 5.22. The van der Waals surface area contributed by atoms with Crippen molar-refractivity contribution in [2.45, 2.75) is 33.6 Å². The molecule has 2 N–H and O–H groups in total. The zero-order valence-corrected chi connectivity index (χ0v) is 15.1. The number of rotatable bonds is 8. The van der Waals surface area contributed by atoms with E-state index in [1.54, 1.807) is 20.8 Å². The van der Waals surface area contributed by atoms with E-state index >= 15 is 0 Å². The number of nitrogens with zero attached hydrogens (tertiary/aromatic N) is 1. The highest BCUT2D eigenvalue weighted by Gasteiger charge is 2.29. The lowest BCUT2D eigenvalue weighted by molar-refractivity contribution is -0.384. The van der Waals surface area contributed by atoms with E-state index in [1.165, 1.54) is 24.3 Å². The SMILES string of the molecule is CCC(N)=O.CCOC(=O)C(Cc1ccc([N+](=O)[O-])cc1)C(=O)OCC. The topological polar surface area (TPSA) is 139 Å². The molecule has 0 aliphatic rings. The molecule has 0 heterocycles. The van der Waals surface area contributed by atoms with Crippen molar-refractivity contribution < 1.29 is 28.8 Å². The number of nitrogens with two attached hydrogens (primary N) is 1. The normalized spacial score (nSPS) is 9.69. The van der Waals surface area contributed by atoms with Gasteiger partial charge in [0.25, 0.3) is 5.69 Å². The molecule has 0 aliphatic heterocycles. The predicted molar refractivity (Wildman–Crippen MR) is 93.0 cm³/mol. The Balaban J connectivity index is 0.00000110. The van der Waals surface area contributed by atoms with E-state index in [0.29, 0.717) is 12.0 Å². The number of primary amides is 1. The van der Waals surface area contributed by atoms with Gasteiger partial charge in [0.05, 0.1) is 18.1 Å². The first-order valence-corrected chi connectivity index (χ1v) is 8.11. The summed E-state index contributed by atoms with van der Waals surface area (Å²) in [6, 6.07) is 5.65. The molecule has 0 unspecified atom stereocenters. The number of nitro benzene ring substituents is 1. The minimum absolute atomic E-state index is 0.0532. The molecule has 0 spiro atoms. The summed E-state index contributed by atoms with van der Waals surface area (Å²) >= 11 is 0. The summed E-state index contributed by atoms with van der Waals surface area (Å²) in [7, 11) is 0. The van der Waals surface area contributed by atoms with E-state index in [1.807, 2.05) is 0 Å². The molecule has 0 aromatic heterocycles. The van der Waals surface area contributed by atoms with Crippen LogP contribution in [0.15, 0.2) is 24.3 Å². The molecule has 9 heteroatoms. The standard InChI is InChI=1S/C14H17NO6.C3H7NO/c1-3-20-13(16)12(14(17)21-4-2)9-10-5-7-11(8-6-10)15(18)19;1-2-3(4)5/h5-8,12H,3-4,9H2,1-2H3;2H2,1H3,(H2,4,5). The molecule has 0 bridgehead atoms. The first-order chi connectivity index (χ1) is 12.3. The maximum absolute atomic E-state index is 11.8. The second-order valence-electron chi connectivity index (χ2n) is 5.00. The van der Waals surface area contributed by atoms with Gasteiger partial charge in [0, 0.05) is 18.6 Å². The second-order valence-corrected chi connectivity index (χ2v) is 5.00. The van der Waals surface area contributed by atoms with Gasteiger partial charge in [0.15, 0.2) is 5.92 Å². The molecular weight excluding hydrogens is 344 g/mol. The van der Waals surface area contributed by atoms with Crippen molar-refractivity contribution >= 4 is 23.5 Å². The number of hydrogen-bond donors (Lipinski definition) is 1. The molecule has 0 aliphatic carbocycles. The van der Waals surface area contributed by atoms with Gasteiger partial charge in [-0.05, 0) is 25.8 Å². The Morgan fingerprint density at radius 2 is 1.46 bits per heavy atom. The Labute approximate surface area is 151 Å². The van der Waals surface area contributed by atoms with Crippen LogP contribution in [0.25, 0.3) is 0 Å². The Bertz CT molecular complexity index is 596. The summed E-state index contributed by atoms with van der Waals surface area (Å²) in [6.45, 7) is 5.34. The fourth-order valence-electron chi connectivity index (χ4n) is 1.74. The van der Waals surface area contributed by atoms with E-state index in [2.05, 4.69) is 5.73 Å². The lowest BCUT2D eigenvalue weighted by atomic mass is 9.99. The highest BCUT2D eigenvalue weighted by molar-refractivity contribution is 5.95. The van der Waals surface area contributed by atoms with Crippen molar-refractivity contribution in [3.05, 3.63) is 39.9 Å². The summed E-state index contributed by atoms with van der Waals surface area (Å²) in [5.74, 6) is -2.63. The van der Waals surface area contributed by atoms with Crippen molar-refractivity contribution in [1.29, 1.82) is 0 Å². The minimum Gasteiger partial charge on any atom is -0.465 e. The zero-order valence-electron chi connectivity index (χ0n) is 15.1. The molecule has 1 aromatic carbocycles. The largest absolute Gasteiger partial charge is 0.465 e. The van der Waals surface area contributed by atoms with Gasteiger partial charge >= 0.3 is 11.9 Å². The van der Waals surface area contributed by atoms with Gasteiger partial charge in [-0.3, -0.25) is 24.5 Å². The van der Waals surface area contributed by atoms with E-state index in [4.69, 9.17) is 9.47 Å². The second kappa shape index (κ2) is 12.4. The summed E-state index contributed by atoms with van der Waals surface area (Å²) in [4.78, 5) is 43.3. The molecule has 0 fully saturated rings. The van der Waals surface area contributed by atoms with Crippen molar-refractivity contribution in [3.8, 4) is 0 Å². The summed E-state index contributed by atoms with van der Waals surface area (Å²) in [6.07, 6.45) is 0.523. The van der Waals surface area contributed by atoms with Crippen LogP contribution in [-0.2, 0) is 30.3 Å². The third-order valence-corrected chi connectivity index (χ3v) is 3.08. The van der Waals surface area contributed by atoms with Crippen molar-refractivity contribution in [2.75, 3.05) is 13.2 Å². The third-order valence-electron chi connectivity index (χ3n) is 3.08. The quantitative estimate of drug-likeness (QED) is 0.319. The van der Waals surface area contributed by atoms with E-state index < -0.39 is 22.8 Å². The van der Waals surface area contributed by atoms with E-state index in [-0.39, 0.29) is 31.2 Å². The molecule has 0 saturated heterocycles. The van der Waals surface area contributed by atoms with Crippen LogP contribution in [0, 0.1) is 16.0 Å². The maximum atomic E-state index is 11.8. The van der Waals surface area contributed by atoms with Gasteiger partial charge in [-0.15, -0.1) is 0 Å². The molecule has 26 heavy (non-hydrogen) atoms. The number of amides is 1. The average molecular weight is 368 g/mol. The molecule has 0 radical (unpaired) electrons. The molecule has 1 rings (SSSR count). The first kappa shape index (κ1) is 23.0. The minimum atomic E-state index is -1.06. The fourth-order valence-corrected chi connectivity index (χ4v) is 1.74. The fraction of sp³-hybridized carbons (Fsp3) is 0.471. The highest BCUT2D eigenvalue weighted by Crippen LogP contribution is 2.17. The third kappa shape index (κ3) is 8.76. The van der Waals surface area contributed by atoms with Gasteiger partial charge in [-0.1, -0.05) is 19.1 Å². The molecule has 144 valence electrons. The maximum Gasteiger partial charge on any atom is 0.320 e. The highest BCUT2D eigenvalue weighted by atomic mass is 16.6. The van der Waals surface area contributed by atoms with Crippen LogP contribution >= 0.6 is 0 Å². The number of non-ortho nitro benzene ring substituents is 1. The van der Waals surface area contributed by atoms with Crippen molar-refractivity contribution in [1.82, 2.24) is 0 Å². The van der Waals surface area contributed by atoms with Crippen LogP contribution in [0.1, 0.15) is 32.8 Å². The van der Waals surface area contributed by atoms with Crippen LogP contribution < -0.4 is 5.73 Å². The van der Waals surface area contributed by atoms with Gasteiger partial charge < -0.3 is 15.2 Å². The Morgan fingerprint density at radius 3 is 1.77 bits per heavy atom. The summed E-state index contributed by atoms with van der Waals surface area (Å²) in [5, 5.41) is 10.6. The van der Waals surface area contributed by atoms with Gasteiger partial charge in [0.2, 0.25) is 5.91 Å². The molecule has 0 atom stereocenters. The average Bonchev–Trinajstić information content (AvgIpc) is 2.60. The van der Waals surface area contributed by atoms with Crippen LogP contribution in [0.3, 0.4) is 0 Å². The van der Waals surface area contributed by atoms with Crippen molar-refractivity contribution in [3.63, 3.8) is 0 Å². The van der Waals surface area contributed by atoms with Crippen molar-refractivity contribution in [2.24, 2.45) is 11.7 Å². The Kier molecular flexibility index (Phi) is 11.0. The van der Waals surface area contributed by atoms with Crippen LogP contribution in [-0.4, -0.2) is 36.0 Å². The lowest BCUT2D eigenvalue weighted by Crippen LogP contribution is -2.30. The molecular formula is C17H24N2O7. The van der Waals surface area contributed by atoms with Crippen LogP contribution in [0.5, 0.6) is 0 Å². The number of nitro groups is 1. The zero-order chi connectivity index (χ0) is 20.1. The number of carbonyl (C=O) groups is 3. The molecule has 9 nitrogen and oxygen atoms in total. The predicted octanol–water partition coefficient (Wildman–Crippen LogP) is 1.76. The first-order valence-electron chi connectivity index (χ1n) is 8.11. The number of benzene rings is 1. The summed E-state index contributed by atoms with van der Waals surface area (Å²) < 4.78 is 9.72. The van der Waals surface area contributed by atoms with Crippen LogP contribution in [0.4, 0.5) is 5.69 Å². The molecule has 1 aromatic rings. The van der Waals surface area contributed by atoms with Gasteiger partial charge in [-0.2, -0.15) is 0 Å². The number of esters is 2. The van der Waals surface area contributed by atoms with Crippen LogP contribution in [0.2, 0.25) is 0 Å². The number of carbonyl (C=O) groups excluding carboxylic acids is 3.